The third kappa shape index (κ3) is 4.46. The third-order valence-electron chi connectivity index (χ3n) is 4.60. The number of rotatable bonds is 7. The van der Waals surface area contributed by atoms with E-state index < -0.39 is 0 Å². The van der Waals surface area contributed by atoms with Crippen molar-refractivity contribution in [1.29, 1.82) is 0 Å². The number of furan rings is 1. The Hall–Kier alpha value is -2.77. The molecule has 2 amide bonds. The molecule has 0 aliphatic heterocycles. The fourth-order valence-electron chi connectivity index (χ4n) is 3.12. The molecule has 0 radical (unpaired) electrons. The predicted octanol–water partition coefficient (Wildman–Crippen LogP) is 5.08. The first-order valence-electron chi connectivity index (χ1n) is 9.40. The Kier molecular flexibility index (Phi) is 5.87. The van der Waals surface area contributed by atoms with Crippen LogP contribution in [0.1, 0.15) is 18.4 Å². The summed E-state index contributed by atoms with van der Waals surface area (Å²) in [7, 11) is 0. The molecule has 1 N–H and O–H groups in total. The van der Waals surface area contributed by atoms with Gasteiger partial charge in [-0.1, -0.05) is 23.7 Å². The molecule has 0 bridgehead atoms. The van der Waals surface area contributed by atoms with Gasteiger partial charge in [0, 0.05) is 47.4 Å². The number of hydrogen-bond acceptors (Lipinski definition) is 4. The SMILES string of the molecule is CCNC(=O)N(CCc1csc2nc(-c3ccc(Cl)cc3)cn12)Cc1ccco1. The van der Waals surface area contributed by atoms with E-state index in [0.717, 1.165) is 27.7 Å². The van der Waals surface area contributed by atoms with Crippen LogP contribution in [0.15, 0.2) is 58.7 Å². The lowest BCUT2D eigenvalue weighted by molar-refractivity contribution is 0.191. The van der Waals surface area contributed by atoms with Gasteiger partial charge in [0.05, 0.1) is 18.5 Å². The monoisotopic (exact) mass is 428 g/mol. The topological polar surface area (TPSA) is 62.8 Å². The number of thiazole rings is 1. The molecule has 8 heteroatoms. The van der Waals surface area contributed by atoms with Gasteiger partial charge >= 0.3 is 6.03 Å². The fraction of sp³-hybridized carbons (Fsp3) is 0.238. The lowest BCUT2D eigenvalue weighted by Gasteiger charge is -2.21. The summed E-state index contributed by atoms with van der Waals surface area (Å²) in [4.78, 5) is 19.9. The minimum absolute atomic E-state index is 0.0946. The smallest absolute Gasteiger partial charge is 0.317 e. The van der Waals surface area contributed by atoms with E-state index in [1.165, 1.54) is 0 Å². The molecule has 6 nitrogen and oxygen atoms in total. The van der Waals surface area contributed by atoms with Crippen LogP contribution >= 0.6 is 22.9 Å². The minimum Gasteiger partial charge on any atom is -0.467 e. The first kappa shape index (κ1) is 19.5. The van der Waals surface area contributed by atoms with Crippen LogP contribution in [0.2, 0.25) is 5.02 Å². The molecule has 0 unspecified atom stereocenters. The first-order chi connectivity index (χ1) is 14.1. The van der Waals surface area contributed by atoms with Crippen molar-refractivity contribution >= 4 is 33.9 Å². The van der Waals surface area contributed by atoms with Gasteiger partial charge in [0.25, 0.3) is 0 Å². The van der Waals surface area contributed by atoms with Crippen LogP contribution in [0.3, 0.4) is 0 Å². The fourth-order valence-corrected chi connectivity index (χ4v) is 4.16. The highest BCUT2D eigenvalue weighted by Crippen LogP contribution is 2.25. The van der Waals surface area contributed by atoms with Crippen LogP contribution < -0.4 is 5.32 Å². The zero-order chi connectivity index (χ0) is 20.2. The third-order valence-corrected chi connectivity index (χ3v) is 5.74. The molecule has 4 aromatic rings. The largest absolute Gasteiger partial charge is 0.467 e. The maximum atomic E-state index is 12.5. The summed E-state index contributed by atoms with van der Waals surface area (Å²) in [6.07, 6.45) is 4.37. The van der Waals surface area contributed by atoms with Crippen LogP contribution in [0, 0.1) is 0 Å². The van der Waals surface area contributed by atoms with Crippen LogP contribution in [-0.2, 0) is 13.0 Å². The predicted molar refractivity (Wildman–Crippen MR) is 115 cm³/mol. The highest BCUT2D eigenvalue weighted by molar-refractivity contribution is 7.15. The van der Waals surface area contributed by atoms with Crippen molar-refractivity contribution in [3.8, 4) is 11.3 Å². The van der Waals surface area contributed by atoms with E-state index in [1.807, 2.05) is 49.5 Å². The molecule has 1 aromatic carbocycles. The lowest BCUT2D eigenvalue weighted by Crippen LogP contribution is -2.40. The van der Waals surface area contributed by atoms with Gasteiger partial charge in [-0.05, 0) is 31.2 Å². The summed E-state index contributed by atoms with van der Waals surface area (Å²) in [5.74, 6) is 0.763. The van der Waals surface area contributed by atoms with Gasteiger partial charge in [-0.15, -0.1) is 11.3 Å². The van der Waals surface area contributed by atoms with Crippen molar-refractivity contribution in [1.82, 2.24) is 19.6 Å². The summed E-state index contributed by atoms with van der Waals surface area (Å²) in [6.45, 7) is 3.51. The Morgan fingerprint density at radius 1 is 1.31 bits per heavy atom. The number of nitrogens with one attached hydrogen (secondary N) is 1. The standard InChI is InChI=1S/C21H21ClN4O2S/c1-2-23-20(27)25(12-18-4-3-11-28-18)10-9-17-14-29-21-24-19(13-26(17)21)15-5-7-16(22)8-6-15/h3-8,11,13-14H,2,9-10,12H2,1H3,(H,23,27). The Bertz CT molecular complexity index is 1090. The van der Waals surface area contributed by atoms with Gasteiger partial charge in [-0.25, -0.2) is 9.78 Å². The van der Waals surface area contributed by atoms with E-state index in [4.69, 9.17) is 21.0 Å². The number of aromatic nitrogens is 2. The molecule has 29 heavy (non-hydrogen) atoms. The molecule has 0 fully saturated rings. The molecular formula is C21H21ClN4O2S. The molecular weight excluding hydrogens is 408 g/mol. The number of fused-ring (bicyclic) bond motifs is 1. The van der Waals surface area contributed by atoms with E-state index in [9.17, 15) is 4.79 Å². The van der Waals surface area contributed by atoms with Gasteiger partial charge in [0.2, 0.25) is 0 Å². The summed E-state index contributed by atoms with van der Waals surface area (Å²) >= 11 is 7.58. The zero-order valence-corrected chi connectivity index (χ0v) is 17.5. The van der Waals surface area contributed by atoms with E-state index in [-0.39, 0.29) is 6.03 Å². The number of halogens is 1. The number of imidazole rings is 1. The summed E-state index contributed by atoms with van der Waals surface area (Å²) < 4.78 is 7.51. The molecule has 150 valence electrons. The second kappa shape index (κ2) is 8.71. The molecule has 4 rings (SSSR count). The van der Waals surface area contributed by atoms with Gasteiger partial charge in [-0.2, -0.15) is 0 Å². The van der Waals surface area contributed by atoms with E-state index >= 15 is 0 Å². The van der Waals surface area contributed by atoms with Gasteiger partial charge < -0.3 is 14.6 Å². The Morgan fingerprint density at radius 3 is 2.86 bits per heavy atom. The maximum Gasteiger partial charge on any atom is 0.317 e. The first-order valence-corrected chi connectivity index (χ1v) is 10.7. The lowest BCUT2D eigenvalue weighted by atomic mass is 10.2. The zero-order valence-electron chi connectivity index (χ0n) is 16.0. The Balaban J connectivity index is 1.51. The van der Waals surface area contributed by atoms with Crippen molar-refractivity contribution in [3.05, 3.63) is 70.7 Å². The molecule has 0 atom stereocenters. The summed E-state index contributed by atoms with van der Waals surface area (Å²) in [6, 6.07) is 11.3. The van der Waals surface area contributed by atoms with Crippen molar-refractivity contribution in [2.75, 3.05) is 13.1 Å². The van der Waals surface area contributed by atoms with Crippen molar-refractivity contribution in [2.45, 2.75) is 19.9 Å². The van der Waals surface area contributed by atoms with E-state index in [1.54, 1.807) is 22.5 Å². The number of benzene rings is 1. The van der Waals surface area contributed by atoms with Crippen molar-refractivity contribution in [3.63, 3.8) is 0 Å². The maximum absolute atomic E-state index is 12.5. The minimum atomic E-state index is -0.0946. The number of carbonyl (C=O) groups is 1. The molecule has 0 saturated heterocycles. The molecule has 3 aromatic heterocycles. The highest BCUT2D eigenvalue weighted by atomic mass is 35.5. The van der Waals surface area contributed by atoms with Gasteiger partial charge in [0.1, 0.15) is 5.76 Å². The van der Waals surface area contributed by atoms with Crippen molar-refractivity contribution < 1.29 is 9.21 Å². The second-order valence-electron chi connectivity index (χ2n) is 6.60. The second-order valence-corrected chi connectivity index (χ2v) is 7.87. The number of urea groups is 1. The number of carbonyl (C=O) groups excluding carboxylic acids is 1. The van der Waals surface area contributed by atoms with Crippen LogP contribution in [0.5, 0.6) is 0 Å². The Morgan fingerprint density at radius 2 is 2.14 bits per heavy atom. The molecule has 0 saturated carbocycles. The summed E-state index contributed by atoms with van der Waals surface area (Å²) in [5.41, 5.74) is 3.05. The highest BCUT2D eigenvalue weighted by Gasteiger charge is 2.16. The van der Waals surface area contributed by atoms with Crippen LogP contribution in [0.25, 0.3) is 16.2 Å². The number of hydrogen-bond donors (Lipinski definition) is 1. The molecule has 3 heterocycles. The quantitative estimate of drug-likeness (QED) is 0.446. The van der Waals surface area contributed by atoms with Gasteiger partial charge in [-0.3, -0.25) is 4.40 Å². The molecule has 0 aliphatic carbocycles. The van der Waals surface area contributed by atoms with Crippen LogP contribution in [-0.4, -0.2) is 33.4 Å². The van der Waals surface area contributed by atoms with Crippen molar-refractivity contribution in [2.24, 2.45) is 0 Å². The van der Waals surface area contributed by atoms with Crippen LogP contribution in [0.4, 0.5) is 4.79 Å². The van der Waals surface area contributed by atoms with E-state index in [0.29, 0.717) is 31.1 Å². The number of amides is 2. The average molecular weight is 429 g/mol. The van der Waals surface area contributed by atoms with Gasteiger partial charge in [0.15, 0.2) is 4.96 Å². The average Bonchev–Trinajstić information content (AvgIpc) is 3.44. The van der Waals surface area contributed by atoms with E-state index in [2.05, 4.69) is 15.1 Å². The normalized spacial score (nSPS) is 11.1. The molecule has 0 spiro atoms. The number of nitrogens with zero attached hydrogens (tertiary/aromatic N) is 3. The molecule has 0 aliphatic rings. The summed E-state index contributed by atoms with van der Waals surface area (Å²) in [5, 5.41) is 5.67. The Labute approximate surface area is 177 Å².